The quantitative estimate of drug-likeness (QED) is 0.867. The molecule has 0 atom stereocenters. The second-order valence-corrected chi connectivity index (χ2v) is 6.81. The highest BCUT2D eigenvalue weighted by Gasteiger charge is 2.23. The molecule has 1 aliphatic heterocycles. The van der Waals surface area contributed by atoms with E-state index in [4.69, 9.17) is 17.3 Å². The molecule has 2 aromatic rings. The predicted octanol–water partition coefficient (Wildman–Crippen LogP) is 3.43. The lowest BCUT2D eigenvalue weighted by molar-refractivity contribution is 0.654. The maximum absolute atomic E-state index is 6.28. The smallest absolute Gasteiger partial charge is 0.153 e. The first-order chi connectivity index (χ1) is 10.2. The van der Waals surface area contributed by atoms with Crippen molar-refractivity contribution in [2.75, 3.05) is 48.0 Å². The molecule has 3 rings (SSSR count). The topological polar surface area (TPSA) is 45.4 Å². The van der Waals surface area contributed by atoms with Crippen LogP contribution in [0.4, 0.5) is 16.5 Å². The monoisotopic (exact) mass is 340 g/mol. The Morgan fingerprint density at radius 3 is 2.52 bits per heavy atom. The molecule has 0 unspecified atom stereocenters. The van der Waals surface area contributed by atoms with Crippen LogP contribution in [0.5, 0.6) is 0 Å². The number of halogens is 1. The van der Waals surface area contributed by atoms with Gasteiger partial charge in [0, 0.05) is 26.2 Å². The molecule has 1 fully saturated rings. The van der Waals surface area contributed by atoms with Crippen LogP contribution in [0.15, 0.2) is 29.2 Å². The fraction of sp³-hybridized carbons (Fsp3) is 0.357. The Kier molecular flexibility index (Phi) is 4.47. The Hall–Kier alpha value is -1.11. The van der Waals surface area contributed by atoms with E-state index in [0.717, 1.165) is 41.8 Å². The second kappa shape index (κ2) is 6.34. The zero-order valence-corrected chi connectivity index (χ0v) is 14.1. The number of hydrogen-bond acceptors (Lipinski definition) is 6. The van der Waals surface area contributed by atoms with Crippen LogP contribution in [0.25, 0.3) is 0 Å². The van der Waals surface area contributed by atoms with Crippen molar-refractivity contribution in [3.8, 4) is 0 Å². The van der Waals surface area contributed by atoms with Crippen LogP contribution in [0.1, 0.15) is 0 Å². The predicted molar refractivity (Wildman–Crippen MR) is 94.2 cm³/mol. The number of aromatic nitrogens is 1. The summed E-state index contributed by atoms with van der Waals surface area (Å²) in [7, 11) is 0. The van der Waals surface area contributed by atoms with Gasteiger partial charge in [0.25, 0.3) is 0 Å². The molecule has 2 N–H and O–H groups in total. The number of rotatable bonds is 3. The van der Waals surface area contributed by atoms with Crippen LogP contribution >= 0.6 is 34.9 Å². The Labute approximate surface area is 138 Å². The minimum absolute atomic E-state index is 0.649. The van der Waals surface area contributed by atoms with Gasteiger partial charge in [-0.25, -0.2) is 0 Å². The van der Waals surface area contributed by atoms with Crippen molar-refractivity contribution in [3.63, 3.8) is 0 Å². The van der Waals surface area contributed by atoms with E-state index in [1.165, 1.54) is 16.5 Å². The third-order valence-electron chi connectivity index (χ3n) is 3.62. The highest BCUT2D eigenvalue weighted by molar-refractivity contribution is 7.99. The van der Waals surface area contributed by atoms with Crippen LogP contribution < -0.4 is 15.5 Å². The second-order valence-electron chi connectivity index (χ2n) is 4.83. The van der Waals surface area contributed by atoms with Crippen LogP contribution in [-0.4, -0.2) is 36.8 Å². The number of nitrogens with two attached hydrogens (primary N) is 1. The van der Waals surface area contributed by atoms with Gasteiger partial charge in [-0.1, -0.05) is 23.7 Å². The van der Waals surface area contributed by atoms with E-state index in [0.29, 0.717) is 5.82 Å². The molecule has 0 saturated carbocycles. The molecule has 1 aromatic carbocycles. The lowest BCUT2D eigenvalue weighted by Gasteiger charge is -2.37. The van der Waals surface area contributed by atoms with Crippen molar-refractivity contribution < 1.29 is 0 Å². The van der Waals surface area contributed by atoms with Crippen molar-refractivity contribution in [2.24, 2.45) is 0 Å². The standard InChI is InChI=1S/C14H17ClN4S2/c1-20-12-13(16)17-21-14(12)19-8-6-18(7-9-19)11-5-3-2-4-10(11)15/h2-5H,6-9H2,1H3,(H2,16,17). The van der Waals surface area contributed by atoms with E-state index in [-0.39, 0.29) is 0 Å². The molecule has 2 heterocycles. The number of benzene rings is 1. The molecular formula is C14H17ClN4S2. The van der Waals surface area contributed by atoms with Gasteiger partial charge in [-0.2, -0.15) is 4.37 Å². The summed E-state index contributed by atoms with van der Waals surface area (Å²) in [5.41, 5.74) is 7.04. The maximum atomic E-state index is 6.28. The van der Waals surface area contributed by atoms with E-state index in [2.05, 4.69) is 20.2 Å². The molecule has 1 aliphatic rings. The van der Waals surface area contributed by atoms with Gasteiger partial charge < -0.3 is 15.5 Å². The molecule has 0 amide bonds. The molecule has 1 aromatic heterocycles. The number of nitrogen functional groups attached to an aromatic ring is 1. The van der Waals surface area contributed by atoms with E-state index in [1.807, 2.05) is 24.5 Å². The first-order valence-electron chi connectivity index (χ1n) is 6.74. The fourth-order valence-corrected chi connectivity index (χ4v) is 4.53. The van der Waals surface area contributed by atoms with E-state index < -0.39 is 0 Å². The summed E-state index contributed by atoms with van der Waals surface area (Å²) in [5, 5.41) is 2.01. The first kappa shape index (κ1) is 14.8. The normalized spacial score (nSPS) is 15.5. The Balaban J connectivity index is 1.72. The maximum Gasteiger partial charge on any atom is 0.153 e. The first-order valence-corrected chi connectivity index (χ1v) is 9.12. The van der Waals surface area contributed by atoms with Crippen molar-refractivity contribution >= 4 is 51.4 Å². The van der Waals surface area contributed by atoms with Crippen molar-refractivity contribution in [2.45, 2.75) is 4.90 Å². The van der Waals surface area contributed by atoms with Gasteiger partial charge in [0.2, 0.25) is 0 Å². The van der Waals surface area contributed by atoms with Gasteiger partial charge in [-0.3, -0.25) is 0 Å². The zero-order valence-electron chi connectivity index (χ0n) is 11.8. The number of nitrogens with zero attached hydrogens (tertiary/aromatic N) is 3. The molecule has 1 saturated heterocycles. The fourth-order valence-electron chi connectivity index (χ4n) is 2.54. The van der Waals surface area contributed by atoms with Gasteiger partial charge >= 0.3 is 0 Å². The zero-order chi connectivity index (χ0) is 14.8. The molecule has 4 nitrogen and oxygen atoms in total. The molecule has 7 heteroatoms. The van der Waals surface area contributed by atoms with Crippen LogP contribution in [0, 0.1) is 0 Å². The lowest BCUT2D eigenvalue weighted by atomic mass is 10.2. The third kappa shape index (κ3) is 2.93. The summed E-state index contributed by atoms with van der Waals surface area (Å²) < 4.78 is 4.28. The highest BCUT2D eigenvalue weighted by Crippen LogP contribution is 2.38. The van der Waals surface area contributed by atoms with Crippen LogP contribution in [-0.2, 0) is 0 Å². The van der Waals surface area contributed by atoms with E-state index >= 15 is 0 Å². The molecule has 0 spiro atoms. The number of anilines is 3. The molecule has 0 radical (unpaired) electrons. The van der Waals surface area contributed by atoms with Crippen LogP contribution in [0.3, 0.4) is 0 Å². The average Bonchev–Trinajstić information content (AvgIpc) is 2.89. The van der Waals surface area contributed by atoms with Gasteiger partial charge in [0.15, 0.2) is 5.82 Å². The van der Waals surface area contributed by atoms with Gasteiger partial charge in [0.05, 0.1) is 15.6 Å². The highest BCUT2D eigenvalue weighted by atomic mass is 35.5. The summed E-state index contributed by atoms with van der Waals surface area (Å²) in [6.07, 6.45) is 2.05. The molecule has 0 bridgehead atoms. The summed E-state index contributed by atoms with van der Waals surface area (Å²) in [6, 6.07) is 8.02. The minimum atomic E-state index is 0.649. The molecule has 0 aliphatic carbocycles. The van der Waals surface area contributed by atoms with E-state index in [1.54, 1.807) is 11.8 Å². The van der Waals surface area contributed by atoms with Crippen LogP contribution in [0.2, 0.25) is 5.02 Å². The van der Waals surface area contributed by atoms with Gasteiger partial charge in [0.1, 0.15) is 5.00 Å². The Morgan fingerprint density at radius 2 is 1.86 bits per heavy atom. The molecule has 21 heavy (non-hydrogen) atoms. The Bertz CT molecular complexity index is 623. The molecular weight excluding hydrogens is 324 g/mol. The van der Waals surface area contributed by atoms with E-state index in [9.17, 15) is 0 Å². The summed E-state index contributed by atoms with van der Waals surface area (Å²) in [4.78, 5) is 5.81. The summed E-state index contributed by atoms with van der Waals surface area (Å²) >= 11 is 9.44. The summed E-state index contributed by atoms with van der Waals surface area (Å²) in [6.45, 7) is 3.82. The van der Waals surface area contributed by atoms with Crippen molar-refractivity contribution in [3.05, 3.63) is 29.3 Å². The summed E-state index contributed by atoms with van der Waals surface area (Å²) in [5.74, 6) is 0.649. The molecule has 112 valence electrons. The average molecular weight is 341 g/mol. The van der Waals surface area contributed by atoms with Crippen molar-refractivity contribution in [1.82, 2.24) is 4.37 Å². The van der Waals surface area contributed by atoms with Gasteiger partial charge in [-0.15, -0.1) is 11.8 Å². The number of para-hydroxylation sites is 1. The number of piperazine rings is 1. The van der Waals surface area contributed by atoms with Gasteiger partial charge in [-0.05, 0) is 29.9 Å². The minimum Gasteiger partial charge on any atom is -0.382 e. The largest absolute Gasteiger partial charge is 0.382 e. The lowest BCUT2D eigenvalue weighted by Crippen LogP contribution is -2.46. The Morgan fingerprint density at radius 1 is 1.19 bits per heavy atom. The number of thioether (sulfide) groups is 1. The third-order valence-corrected chi connectivity index (χ3v) is 5.80. The van der Waals surface area contributed by atoms with Crippen molar-refractivity contribution in [1.29, 1.82) is 0 Å². The number of hydrogen-bond donors (Lipinski definition) is 1. The SMILES string of the molecule is CSc1c(N)nsc1N1CCN(c2ccccc2Cl)CC1.